The van der Waals surface area contributed by atoms with Gasteiger partial charge in [0.15, 0.2) is 5.88 Å². The highest BCUT2D eigenvalue weighted by molar-refractivity contribution is 6.33. The highest BCUT2D eigenvalue weighted by Gasteiger charge is 2.15. The van der Waals surface area contributed by atoms with Crippen molar-refractivity contribution in [1.29, 1.82) is 0 Å². The minimum absolute atomic E-state index is 0.147. The Morgan fingerprint density at radius 3 is 2.77 bits per heavy atom. The molecule has 0 spiro atoms. The average molecular weight is 319 g/mol. The van der Waals surface area contributed by atoms with Crippen LogP contribution in [0.2, 0.25) is 5.02 Å². The van der Waals surface area contributed by atoms with Gasteiger partial charge in [-0.05, 0) is 37.1 Å². The predicted molar refractivity (Wildman–Crippen MR) is 85.8 cm³/mol. The monoisotopic (exact) mass is 318 g/mol. The fourth-order valence-electron chi connectivity index (χ4n) is 2.40. The molecule has 6 heteroatoms. The molecule has 0 atom stereocenters. The summed E-state index contributed by atoms with van der Waals surface area (Å²) >= 11 is 6.03. The number of carbonyl (C=O) groups is 1. The lowest BCUT2D eigenvalue weighted by Gasteiger charge is -2.12. The SMILES string of the molecule is O=C(O)c1ccc(Cl)c(N=Cc2ccc(N3CCCC3)o2)c1. The van der Waals surface area contributed by atoms with Crippen LogP contribution in [0.1, 0.15) is 29.0 Å². The number of hydrogen-bond acceptors (Lipinski definition) is 4. The lowest BCUT2D eigenvalue weighted by molar-refractivity contribution is 0.0697. The van der Waals surface area contributed by atoms with Crippen molar-refractivity contribution in [3.8, 4) is 0 Å². The van der Waals surface area contributed by atoms with Gasteiger partial charge in [-0.15, -0.1) is 0 Å². The van der Waals surface area contributed by atoms with Crippen molar-refractivity contribution in [1.82, 2.24) is 0 Å². The molecule has 1 N–H and O–H groups in total. The molecule has 0 aliphatic carbocycles. The highest BCUT2D eigenvalue weighted by Crippen LogP contribution is 2.27. The molecule has 1 fully saturated rings. The summed E-state index contributed by atoms with van der Waals surface area (Å²) in [7, 11) is 0. The Morgan fingerprint density at radius 2 is 2.05 bits per heavy atom. The Balaban J connectivity index is 1.79. The Hall–Kier alpha value is -2.27. The minimum Gasteiger partial charge on any atom is -0.478 e. The van der Waals surface area contributed by atoms with Crippen molar-refractivity contribution in [3.05, 3.63) is 46.7 Å². The summed E-state index contributed by atoms with van der Waals surface area (Å²) in [6, 6.07) is 8.16. The topological polar surface area (TPSA) is 66.0 Å². The highest BCUT2D eigenvalue weighted by atomic mass is 35.5. The first-order chi connectivity index (χ1) is 10.6. The van der Waals surface area contributed by atoms with Gasteiger partial charge in [0.05, 0.1) is 22.5 Å². The Morgan fingerprint density at radius 1 is 1.27 bits per heavy atom. The van der Waals surface area contributed by atoms with Gasteiger partial charge in [0, 0.05) is 19.2 Å². The molecule has 3 rings (SSSR count). The molecule has 1 aliphatic heterocycles. The molecule has 0 bridgehead atoms. The van der Waals surface area contributed by atoms with Crippen LogP contribution in [-0.4, -0.2) is 30.4 Å². The van der Waals surface area contributed by atoms with Gasteiger partial charge in [-0.1, -0.05) is 11.6 Å². The maximum atomic E-state index is 11.0. The molecule has 114 valence electrons. The molecular weight excluding hydrogens is 304 g/mol. The van der Waals surface area contributed by atoms with Crippen molar-refractivity contribution >= 4 is 35.4 Å². The first kappa shape index (κ1) is 14.7. The maximum absolute atomic E-state index is 11.0. The summed E-state index contributed by atoms with van der Waals surface area (Å²) in [5, 5.41) is 9.39. The van der Waals surface area contributed by atoms with E-state index in [9.17, 15) is 4.79 Å². The van der Waals surface area contributed by atoms with Crippen LogP contribution in [0.5, 0.6) is 0 Å². The van der Waals surface area contributed by atoms with Crippen LogP contribution in [0.15, 0.2) is 39.7 Å². The fraction of sp³-hybridized carbons (Fsp3) is 0.250. The summed E-state index contributed by atoms with van der Waals surface area (Å²) in [5.74, 6) is 0.436. The Bertz CT molecular complexity index is 718. The molecule has 5 nitrogen and oxygen atoms in total. The van der Waals surface area contributed by atoms with Gasteiger partial charge in [0.1, 0.15) is 5.76 Å². The number of rotatable bonds is 4. The molecular formula is C16H15ClN2O3. The van der Waals surface area contributed by atoms with E-state index in [1.165, 1.54) is 31.0 Å². The molecule has 1 aromatic heterocycles. The molecule has 22 heavy (non-hydrogen) atoms. The second-order valence-electron chi connectivity index (χ2n) is 5.10. The molecule has 0 amide bonds. The van der Waals surface area contributed by atoms with Gasteiger partial charge in [0.25, 0.3) is 0 Å². The lowest BCUT2D eigenvalue weighted by atomic mass is 10.2. The molecule has 0 saturated carbocycles. The third-order valence-electron chi connectivity index (χ3n) is 3.55. The number of hydrogen-bond donors (Lipinski definition) is 1. The van der Waals surface area contributed by atoms with E-state index in [4.69, 9.17) is 21.1 Å². The Labute approximate surface area is 132 Å². The van der Waals surface area contributed by atoms with E-state index in [2.05, 4.69) is 9.89 Å². The number of carboxylic acids is 1. The molecule has 1 saturated heterocycles. The molecule has 1 aromatic carbocycles. The van der Waals surface area contributed by atoms with Crippen LogP contribution in [-0.2, 0) is 0 Å². The van der Waals surface area contributed by atoms with Crippen LogP contribution in [0.25, 0.3) is 0 Å². The third-order valence-corrected chi connectivity index (χ3v) is 3.87. The van der Waals surface area contributed by atoms with Crippen molar-refractivity contribution in [2.45, 2.75) is 12.8 Å². The molecule has 2 aromatic rings. The van der Waals surface area contributed by atoms with Crippen LogP contribution in [0, 0.1) is 0 Å². The van der Waals surface area contributed by atoms with Crippen LogP contribution in [0.4, 0.5) is 11.6 Å². The third kappa shape index (κ3) is 3.14. The summed E-state index contributed by atoms with van der Waals surface area (Å²) < 4.78 is 5.72. The Kier molecular flexibility index (Phi) is 4.15. The van der Waals surface area contributed by atoms with E-state index < -0.39 is 5.97 Å². The van der Waals surface area contributed by atoms with Gasteiger partial charge in [-0.2, -0.15) is 0 Å². The minimum atomic E-state index is -1.01. The quantitative estimate of drug-likeness (QED) is 0.866. The molecule has 1 aliphatic rings. The van der Waals surface area contributed by atoms with Crippen LogP contribution in [0.3, 0.4) is 0 Å². The summed E-state index contributed by atoms with van der Waals surface area (Å²) in [5.41, 5.74) is 0.550. The van der Waals surface area contributed by atoms with Crippen molar-refractivity contribution < 1.29 is 14.3 Å². The fourth-order valence-corrected chi connectivity index (χ4v) is 2.56. The van der Waals surface area contributed by atoms with Crippen molar-refractivity contribution in [2.75, 3.05) is 18.0 Å². The number of furan rings is 1. The number of carboxylic acid groups (broad SMARTS) is 1. The van der Waals surface area contributed by atoms with Crippen LogP contribution >= 0.6 is 11.6 Å². The number of nitrogens with zero attached hydrogens (tertiary/aromatic N) is 2. The first-order valence-electron chi connectivity index (χ1n) is 7.05. The molecule has 0 unspecified atom stereocenters. The van der Waals surface area contributed by atoms with Gasteiger partial charge >= 0.3 is 5.97 Å². The maximum Gasteiger partial charge on any atom is 0.335 e. The van der Waals surface area contributed by atoms with E-state index in [1.54, 1.807) is 6.21 Å². The zero-order chi connectivity index (χ0) is 15.5. The zero-order valence-corrected chi connectivity index (χ0v) is 12.6. The standard InChI is InChI=1S/C16H15ClN2O3/c17-13-5-3-11(16(20)21)9-14(13)18-10-12-4-6-15(22-12)19-7-1-2-8-19/h3-6,9-10H,1-2,7-8H2,(H,20,21). The molecule has 0 radical (unpaired) electrons. The van der Waals surface area contributed by atoms with Gasteiger partial charge in [0.2, 0.25) is 0 Å². The second-order valence-corrected chi connectivity index (χ2v) is 5.51. The number of halogens is 1. The van der Waals surface area contributed by atoms with Crippen LogP contribution < -0.4 is 4.90 Å². The van der Waals surface area contributed by atoms with Crippen molar-refractivity contribution in [2.24, 2.45) is 4.99 Å². The lowest BCUT2D eigenvalue weighted by Crippen LogP contribution is -2.16. The van der Waals surface area contributed by atoms with E-state index in [-0.39, 0.29) is 5.56 Å². The summed E-state index contributed by atoms with van der Waals surface area (Å²) in [6.07, 6.45) is 3.91. The summed E-state index contributed by atoms with van der Waals surface area (Å²) in [6.45, 7) is 2.02. The van der Waals surface area contributed by atoms with E-state index in [1.807, 2.05) is 12.1 Å². The van der Waals surface area contributed by atoms with E-state index >= 15 is 0 Å². The first-order valence-corrected chi connectivity index (χ1v) is 7.43. The second kappa shape index (κ2) is 6.23. The normalized spacial score (nSPS) is 14.9. The van der Waals surface area contributed by atoms with Crippen molar-refractivity contribution in [3.63, 3.8) is 0 Å². The molecule has 2 heterocycles. The zero-order valence-electron chi connectivity index (χ0n) is 11.8. The van der Waals surface area contributed by atoms with E-state index in [0.29, 0.717) is 16.5 Å². The average Bonchev–Trinajstić information content (AvgIpc) is 3.17. The summed E-state index contributed by atoms with van der Waals surface area (Å²) in [4.78, 5) is 17.4. The number of aromatic carboxylic acids is 1. The van der Waals surface area contributed by atoms with Gasteiger partial charge in [-0.3, -0.25) is 4.99 Å². The van der Waals surface area contributed by atoms with Gasteiger partial charge in [-0.25, -0.2) is 4.79 Å². The largest absolute Gasteiger partial charge is 0.478 e. The smallest absolute Gasteiger partial charge is 0.335 e. The predicted octanol–water partition coefficient (Wildman–Crippen LogP) is 3.98. The number of aliphatic imine (C=N–C) groups is 1. The number of anilines is 1. The van der Waals surface area contributed by atoms with Gasteiger partial charge < -0.3 is 14.4 Å². The number of benzene rings is 1. The van der Waals surface area contributed by atoms with E-state index in [0.717, 1.165) is 19.0 Å².